The summed E-state index contributed by atoms with van der Waals surface area (Å²) in [5.74, 6) is 0. The summed E-state index contributed by atoms with van der Waals surface area (Å²) >= 11 is 0. The van der Waals surface area contributed by atoms with E-state index in [1.54, 1.807) is 26.0 Å². The highest BCUT2D eigenvalue weighted by Gasteiger charge is 2.27. The van der Waals surface area contributed by atoms with E-state index in [4.69, 9.17) is 5.73 Å². The number of sulfonamides is 1. The lowest BCUT2D eigenvalue weighted by atomic mass is 9.98. The minimum absolute atomic E-state index is 0.00396. The monoisotopic (exact) mass is 300 g/mol. The van der Waals surface area contributed by atoms with Crippen LogP contribution in [0.5, 0.6) is 0 Å². The van der Waals surface area contributed by atoms with Gasteiger partial charge in [0.1, 0.15) is 0 Å². The number of nitrogens with two attached hydrogens (primary N) is 1. The highest BCUT2D eigenvalue weighted by atomic mass is 32.2. The molecule has 0 amide bonds. The van der Waals surface area contributed by atoms with E-state index in [1.165, 1.54) is 0 Å². The average Bonchev–Trinajstić information content (AvgIpc) is 2.40. The van der Waals surface area contributed by atoms with Gasteiger partial charge in [0.25, 0.3) is 0 Å². The molecular formula is C14H24N2O3S. The van der Waals surface area contributed by atoms with E-state index >= 15 is 0 Å². The predicted molar refractivity (Wildman–Crippen MR) is 81.0 cm³/mol. The first kappa shape index (κ1) is 16.9. The molecule has 1 aromatic rings. The van der Waals surface area contributed by atoms with E-state index in [2.05, 4.69) is 4.72 Å². The second-order valence-electron chi connectivity index (χ2n) is 5.18. The lowest BCUT2D eigenvalue weighted by Crippen LogP contribution is -2.42. The molecule has 4 N–H and O–H groups in total. The Labute approximate surface area is 121 Å². The van der Waals surface area contributed by atoms with Crippen molar-refractivity contribution in [1.29, 1.82) is 0 Å². The number of benzene rings is 1. The van der Waals surface area contributed by atoms with Crippen molar-refractivity contribution >= 4 is 15.7 Å². The van der Waals surface area contributed by atoms with Crippen molar-refractivity contribution in [3.8, 4) is 0 Å². The molecule has 5 nitrogen and oxygen atoms in total. The van der Waals surface area contributed by atoms with Crippen molar-refractivity contribution in [3.05, 3.63) is 23.3 Å². The van der Waals surface area contributed by atoms with Crippen molar-refractivity contribution in [3.63, 3.8) is 0 Å². The lowest BCUT2D eigenvalue weighted by Gasteiger charge is -2.25. The molecule has 0 radical (unpaired) electrons. The summed E-state index contributed by atoms with van der Waals surface area (Å²) in [6, 6.07) is 3.38. The summed E-state index contributed by atoms with van der Waals surface area (Å²) in [4.78, 5) is 0.201. The molecule has 0 unspecified atom stereocenters. The third kappa shape index (κ3) is 3.50. The second kappa shape index (κ2) is 6.11. The Bertz CT molecular complexity index is 578. The van der Waals surface area contributed by atoms with E-state index in [0.717, 1.165) is 0 Å². The maximum Gasteiger partial charge on any atom is 0.241 e. The molecule has 0 heterocycles. The van der Waals surface area contributed by atoms with Crippen molar-refractivity contribution in [1.82, 2.24) is 4.72 Å². The number of anilines is 1. The van der Waals surface area contributed by atoms with Crippen LogP contribution in [0.3, 0.4) is 0 Å². The minimum atomic E-state index is -3.69. The smallest absolute Gasteiger partial charge is 0.241 e. The number of aliphatic hydroxyl groups is 1. The summed E-state index contributed by atoms with van der Waals surface area (Å²) in [5.41, 5.74) is 6.38. The first-order valence-corrected chi connectivity index (χ1v) is 8.23. The van der Waals surface area contributed by atoms with Gasteiger partial charge in [-0.3, -0.25) is 0 Å². The van der Waals surface area contributed by atoms with Crippen molar-refractivity contribution in [2.45, 2.75) is 51.0 Å². The number of hydrogen-bond donors (Lipinski definition) is 3. The molecule has 6 heteroatoms. The summed E-state index contributed by atoms with van der Waals surface area (Å²) < 4.78 is 27.3. The van der Waals surface area contributed by atoms with E-state index in [-0.39, 0.29) is 11.4 Å². The van der Waals surface area contributed by atoms with Crippen LogP contribution >= 0.6 is 0 Å². The molecule has 1 rings (SSSR count). The van der Waals surface area contributed by atoms with Crippen LogP contribution < -0.4 is 10.5 Å². The third-order valence-electron chi connectivity index (χ3n) is 3.82. The summed E-state index contributed by atoms with van der Waals surface area (Å²) in [6.45, 7) is 7.06. The average molecular weight is 300 g/mol. The standard InChI is InChI=1S/C14H24N2O3S/c1-5-14(17,6-2)9-16-20(18,19)13-10(3)7-8-12(15)11(13)4/h7-8,16-17H,5-6,9,15H2,1-4H3. The normalized spacial score (nSPS) is 12.7. The molecule has 0 saturated carbocycles. The van der Waals surface area contributed by atoms with Crippen LogP contribution in [0, 0.1) is 13.8 Å². The Balaban J connectivity index is 3.10. The SMILES string of the molecule is CCC(O)(CC)CNS(=O)(=O)c1c(C)ccc(N)c1C. The van der Waals surface area contributed by atoms with Crippen LogP contribution in [0.15, 0.2) is 17.0 Å². The van der Waals surface area contributed by atoms with Gasteiger partial charge in [-0.25, -0.2) is 13.1 Å². The molecule has 114 valence electrons. The Morgan fingerprint density at radius 2 is 1.80 bits per heavy atom. The predicted octanol–water partition coefficient (Wildman–Crippen LogP) is 1.72. The minimum Gasteiger partial charge on any atom is -0.398 e. The van der Waals surface area contributed by atoms with Gasteiger partial charge in [0.15, 0.2) is 0 Å². The molecule has 0 spiro atoms. The molecular weight excluding hydrogens is 276 g/mol. The summed E-state index contributed by atoms with van der Waals surface area (Å²) in [5, 5.41) is 10.2. The van der Waals surface area contributed by atoms with Crippen LogP contribution in [0.4, 0.5) is 5.69 Å². The fourth-order valence-corrected chi connectivity index (χ4v) is 3.67. The van der Waals surface area contributed by atoms with E-state index in [9.17, 15) is 13.5 Å². The summed E-state index contributed by atoms with van der Waals surface area (Å²) in [7, 11) is -3.69. The van der Waals surface area contributed by atoms with Crippen molar-refractivity contribution < 1.29 is 13.5 Å². The number of rotatable bonds is 6. The molecule has 20 heavy (non-hydrogen) atoms. The van der Waals surface area contributed by atoms with Gasteiger partial charge in [-0.05, 0) is 43.9 Å². The quantitative estimate of drug-likeness (QED) is 0.697. The number of nitrogens with one attached hydrogen (secondary N) is 1. The molecule has 0 aliphatic carbocycles. The van der Waals surface area contributed by atoms with Crippen molar-refractivity contribution in [2.24, 2.45) is 0 Å². The van der Waals surface area contributed by atoms with Gasteiger partial charge in [-0.15, -0.1) is 0 Å². The molecule has 0 aliphatic heterocycles. The van der Waals surface area contributed by atoms with E-state index in [0.29, 0.717) is 29.7 Å². The van der Waals surface area contributed by atoms with Gasteiger partial charge >= 0.3 is 0 Å². The highest BCUT2D eigenvalue weighted by Crippen LogP contribution is 2.25. The molecule has 0 atom stereocenters. The summed E-state index contributed by atoms with van der Waals surface area (Å²) in [6.07, 6.45) is 0.974. The second-order valence-corrected chi connectivity index (χ2v) is 6.89. The van der Waals surface area contributed by atoms with Crippen LogP contribution in [-0.2, 0) is 10.0 Å². The Morgan fingerprint density at radius 1 is 1.25 bits per heavy atom. The Morgan fingerprint density at radius 3 is 2.30 bits per heavy atom. The Hall–Kier alpha value is -1.11. The number of nitrogen functional groups attached to an aromatic ring is 1. The van der Waals surface area contributed by atoms with E-state index < -0.39 is 15.6 Å². The highest BCUT2D eigenvalue weighted by molar-refractivity contribution is 7.89. The van der Waals surface area contributed by atoms with Crippen LogP contribution in [0.25, 0.3) is 0 Å². The topological polar surface area (TPSA) is 92.4 Å². The maximum absolute atomic E-state index is 12.4. The molecule has 0 saturated heterocycles. The molecule has 1 aromatic carbocycles. The molecule has 0 bridgehead atoms. The van der Waals surface area contributed by atoms with Crippen molar-refractivity contribution in [2.75, 3.05) is 12.3 Å². The molecule has 0 aromatic heterocycles. The number of hydrogen-bond acceptors (Lipinski definition) is 4. The van der Waals surface area contributed by atoms with Gasteiger partial charge in [-0.1, -0.05) is 19.9 Å². The fraction of sp³-hybridized carbons (Fsp3) is 0.571. The zero-order chi connectivity index (χ0) is 15.6. The third-order valence-corrected chi connectivity index (χ3v) is 5.51. The van der Waals surface area contributed by atoms with Gasteiger partial charge in [-0.2, -0.15) is 0 Å². The molecule has 0 fully saturated rings. The molecule has 0 aliphatic rings. The lowest BCUT2D eigenvalue weighted by molar-refractivity contribution is 0.0377. The van der Waals surface area contributed by atoms with Gasteiger partial charge in [0.05, 0.1) is 10.5 Å². The van der Waals surface area contributed by atoms with Gasteiger partial charge in [0, 0.05) is 12.2 Å². The van der Waals surface area contributed by atoms with Crippen LogP contribution in [-0.4, -0.2) is 25.7 Å². The number of aryl methyl sites for hydroxylation is 1. The van der Waals surface area contributed by atoms with Crippen LogP contribution in [0.2, 0.25) is 0 Å². The first-order chi connectivity index (χ1) is 9.17. The van der Waals surface area contributed by atoms with Gasteiger partial charge < -0.3 is 10.8 Å². The first-order valence-electron chi connectivity index (χ1n) is 6.74. The Kier molecular flexibility index (Phi) is 5.18. The zero-order valence-corrected chi connectivity index (χ0v) is 13.3. The zero-order valence-electron chi connectivity index (χ0n) is 12.5. The van der Waals surface area contributed by atoms with Gasteiger partial charge in [0.2, 0.25) is 10.0 Å². The van der Waals surface area contributed by atoms with Crippen LogP contribution in [0.1, 0.15) is 37.8 Å². The van der Waals surface area contributed by atoms with E-state index in [1.807, 2.05) is 13.8 Å². The largest absolute Gasteiger partial charge is 0.398 e. The maximum atomic E-state index is 12.4. The fourth-order valence-electron chi connectivity index (χ4n) is 2.06.